The molecule has 1 aliphatic rings. The molecule has 0 bridgehead atoms. The first kappa shape index (κ1) is 13.1. The van der Waals surface area contributed by atoms with Gasteiger partial charge in [0.15, 0.2) is 0 Å². The number of aliphatic hydroxyl groups is 1. The molecule has 1 fully saturated rings. The predicted molar refractivity (Wildman–Crippen MR) is 73.4 cm³/mol. The summed E-state index contributed by atoms with van der Waals surface area (Å²) in [5, 5.41) is 16.0. The highest BCUT2D eigenvalue weighted by molar-refractivity contribution is 7.10. The monoisotopic (exact) mass is 253 g/mol. The Hall–Kier alpha value is -0.380. The van der Waals surface area contributed by atoms with Crippen LogP contribution in [0.15, 0.2) is 17.5 Å². The van der Waals surface area contributed by atoms with Crippen LogP contribution < -0.4 is 5.32 Å². The first-order chi connectivity index (χ1) is 8.23. The highest BCUT2D eigenvalue weighted by Gasteiger charge is 2.31. The van der Waals surface area contributed by atoms with Gasteiger partial charge in [-0.1, -0.05) is 32.3 Å². The van der Waals surface area contributed by atoms with Crippen LogP contribution in [0.3, 0.4) is 0 Å². The summed E-state index contributed by atoms with van der Waals surface area (Å²) in [6, 6.07) is 4.72. The molecule has 0 radical (unpaired) electrons. The molecule has 96 valence electrons. The van der Waals surface area contributed by atoms with Crippen molar-refractivity contribution < 1.29 is 5.11 Å². The second-order valence-electron chi connectivity index (χ2n) is 5.17. The lowest BCUT2D eigenvalue weighted by molar-refractivity contribution is 0.0445. The van der Waals surface area contributed by atoms with Crippen LogP contribution in [0.5, 0.6) is 0 Å². The quantitative estimate of drug-likeness (QED) is 0.813. The summed E-state index contributed by atoms with van der Waals surface area (Å²) < 4.78 is 0. The average Bonchev–Trinajstić information content (AvgIpc) is 2.96. The molecule has 2 nitrogen and oxygen atoms in total. The number of thiophene rings is 1. The average molecular weight is 253 g/mol. The van der Waals surface area contributed by atoms with Gasteiger partial charge in [0, 0.05) is 17.5 Å². The lowest BCUT2D eigenvalue weighted by Gasteiger charge is -2.26. The topological polar surface area (TPSA) is 32.3 Å². The Morgan fingerprint density at radius 2 is 2.24 bits per heavy atom. The molecule has 17 heavy (non-hydrogen) atoms. The van der Waals surface area contributed by atoms with Crippen LogP contribution in [0.25, 0.3) is 0 Å². The molecule has 1 atom stereocenters. The van der Waals surface area contributed by atoms with Crippen molar-refractivity contribution in [2.75, 3.05) is 6.54 Å². The van der Waals surface area contributed by atoms with Gasteiger partial charge in [0.2, 0.25) is 0 Å². The fourth-order valence-corrected chi connectivity index (χ4v) is 3.48. The van der Waals surface area contributed by atoms with Gasteiger partial charge < -0.3 is 10.4 Å². The summed E-state index contributed by atoms with van der Waals surface area (Å²) in [5.74, 6) is 0. The minimum Gasteiger partial charge on any atom is -0.389 e. The number of hydrogen-bond donors (Lipinski definition) is 2. The molecule has 1 aromatic heterocycles. The molecule has 0 aromatic carbocycles. The molecule has 1 unspecified atom stereocenters. The molecule has 1 aromatic rings. The third kappa shape index (κ3) is 3.54. The van der Waals surface area contributed by atoms with Gasteiger partial charge in [0.1, 0.15) is 0 Å². The summed E-state index contributed by atoms with van der Waals surface area (Å²) in [7, 11) is 0. The van der Waals surface area contributed by atoms with Crippen LogP contribution in [0.2, 0.25) is 0 Å². The molecular formula is C14H23NOS. The van der Waals surface area contributed by atoms with Crippen LogP contribution in [-0.4, -0.2) is 17.3 Å². The number of rotatable bonds is 6. The minimum atomic E-state index is -0.441. The van der Waals surface area contributed by atoms with Gasteiger partial charge in [-0.2, -0.15) is 0 Å². The summed E-state index contributed by atoms with van der Waals surface area (Å²) in [6.07, 6.45) is 6.60. The molecule has 1 saturated carbocycles. The van der Waals surface area contributed by atoms with E-state index in [2.05, 4.69) is 29.8 Å². The van der Waals surface area contributed by atoms with Crippen LogP contribution in [0, 0.1) is 0 Å². The highest BCUT2D eigenvalue weighted by atomic mass is 32.1. The maximum absolute atomic E-state index is 10.3. The van der Waals surface area contributed by atoms with Crippen LogP contribution in [-0.2, 0) is 0 Å². The Balaban J connectivity index is 1.89. The van der Waals surface area contributed by atoms with E-state index in [9.17, 15) is 5.11 Å². The van der Waals surface area contributed by atoms with E-state index in [0.29, 0.717) is 6.04 Å². The number of hydrogen-bond acceptors (Lipinski definition) is 3. The van der Waals surface area contributed by atoms with Crippen molar-refractivity contribution in [2.45, 2.75) is 57.1 Å². The molecule has 0 aliphatic heterocycles. The zero-order chi connectivity index (χ0) is 12.1. The van der Waals surface area contributed by atoms with Gasteiger partial charge in [0.25, 0.3) is 0 Å². The van der Waals surface area contributed by atoms with Gasteiger partial charge in [-0.25, -0.2) is 0 Å². The summed E-state index contributed by atoms with van der Waals surface area (Å²) in [4.78, 5) is 1.40. The van der Waals surface area contributed by atoms with E-state index < -0.39 is 5.60 Å². The van der Waals surface area contributed by atoms with Gasteiger partial charge in [-0.15, -0.1) is 11.3 Å². The van der Waals surface area contributed by atoms with Gasteiger partial charge in [-0.05, 0) is 30.7 Å². The summed E-state index contributed by atoms with van der Waals surface area (Å²) in [5.41, 5.74) is -0.441. The maximum atomic E-state index is 10.3. The predicted octanol–water partition coefficient (Wildman–Crippen LogP) is 3.48. The van der Waals surface area contributed by atoms with Crippen molar-refractivity contribution >= 4 is 11.3 Å². The Labute approximate surface area is 108 Å². The first-order valence-corrected chi connectivity index (χ1v) is 7.61. The van der Waals surface area contributed by atoms with E-state index in [1.807, 2.05) is 11.3 Å². The standard InChI is InChI=1S/C14H23NOS/c1-2-6-12(13-7-5-10-17-13)15-11-14(16)8-3-4-9-14/h5,7,10,12,15-16H,2-4,6,8-9,11H2,1H3. The van der Waals surface area contributed by atoms with Crippen molar-refractivity contribution in [2.24, 2.45) is 0 Å². The van der Waals surface area contributed by atoms with Gasteiger partial charge in [-0.3, -0.25) is 0 Å². The first-order valence-electron chi connectivity index (χ1n) is 6.73. The SMILES string of the molecule is CCCC(NCC1(O)CCCC1)c1cccs1. The lowest BCUT2D eigenvalue weighted by Crippen LogP contribution is -2.39. The second kappa shape index (κ2) is 5.98. The molecule has 1 heterocycles. The van der Waals surface area contributed by atoms with Crippen molar-refractivity contribution in [3.05, 3.63) is 22.4 Å². The van der Waals surface area contributed by atoms with Crippen LogP contribution in [0.4, 0.5) is 0 Å². The third-order valence-electron chi connectivity index (χ3n) is 3.68. The van der Waals surface area contributed by atoms with Crippen LogP contribution >= 0.6 is 11.3 Å². The fourth-order valence-electron chi connectivity index (χ4n) is 2.65. The zero-order valence-electron chi connectivity index (χ0n) is 10.6. The molecule has 0 saturated heterocycles. The van der Waals surface area contributed by atoms with Gasteiger partial charge in [0.05, 0.1) is 5.60 Å². The van der Waals surface area contributed by atoms with E-state index in [0.717, 1.165) is 25.8 Å². The molecule has 0 amide bonds. The van der Waals surface area contributed by atoms with E-state index in [4.69, 9.17) is 0 Å². The van der Waals surface area contributed by atoms with E-state index in [1.54, 1.807) is 0 Å². The van der Waals surface area contributed by atoms with Crippen molar-refractivity contribution in [1.82, 2.24) is 5.32 Å². The maximum Gasteiger partial charge on any atom is 0.0771 e. The third-order valence-corrected chi connectivity index (χ3v) is 4.66. The minimum absolute atomic E-state index is 0.421. The molecule has 0 spiro atoms. The van der Waals surface area contributed by atoms with Crippen molar-refractivity contribution in [1.29, 1.82) is 0 Å². The van der Waals surface area contributed by atoms with Gasteiger partial charge >= 0.3 is 0 Å². The normalized spacial score (nSPS) is 20.6. The zero-order valence-corrected chi connectivity index (χ0v) is 11.4. The molecule has 2 rings (SSSR count). The Bertz CT molecular complexity index is 317. The Morgan fingerprint density at radius 3 is 2.82 bits per heavy atom. The van der Waals surface area contributed by atoms with E-state index >= 15 is 0 Å². The highest BCUT2D eigenvalue weighted by Crippen LogP contribution is 2.30. The molecular weight excluding hydrogens is 230 g/mol. The molecule has 1 aliphatic carbocycles. The smallest absolute Gasteiger partial charge is 0.0771 e. The Kier molecular flexibility index (Phi) is 4.60. The van der Waals surface area contributed by atoms with Crippen molar-refractivity contribution in [3.63, 3.8) is 0 Å². The summed E-state index contributed by atoms with van der Waals surface area (Å²) >= 11 is 1.81. The second-order valence-corrected chi connectivity index (χ2v) is 6.15. The lowest BCUT2D eigenvalue weighted by atomic mass is 10.0. The molecule has 3 heteroatoms. The molecule has 2 N–H and O–H groups in total. The van der Waals surface area contributed by atoms with E-state index in [-0.39, 0.29) is 0 Å². The van der Waals surface area contributed by atoms with E-state index in [1.165, 1.54) is 24.1 Å². The fraction of sp³-hybridized carbons (Fsp3) is 0.714. The Morgan fingerprint density at radius 1 is 1.47 bits per heavy atom. The largest absolute Gasteiger partial charge is 0.389 e. The number of nitrogens with one attached hydrogen (secondary N) is 1. The summed E-state index contributed by atoms with van der Waals surface area (Å²) in [6.45, 7) is 2.96. The van der Waals surface area contributed by atoms with Crippen molar-refractivity contribution in [3.8, 4) is 0 Å². The van der Waals surface area contributed by atoms with Crippen LogP contribution in [0.1, 0.15) is 56.4 Å².